The second kappa shape index (κ2) is 11.8. The summed E-state index contributed by atoms with van der Waals surface area (Å²) < 4.78 is 72.6. The molecule has 0 saturated carbocycles. The van der Waals surface area contributed by atoms with Gasteiger partial charge in [-0.3, -0.25) is 0 Å². The topological polar surface area (TPSA) is 101 Å². The van der Waals surface area contributed by atoms with Gasteiger partial charge in [0.05, 0.1) is 10.2 Å². The van der Waals surface area contributed by atoms with Crippen molar-refractivity contribution in [3.63, 3.8) is 0 Å². The zero-order chi connectivity index (χ0) is 29.1. The van der Waals surface area contributed by atoms with Gasteiger partial charge in [0.1, 0.15) is 29.7 Å². The summed E-state index contributed by atoms with van der Waals surface area (Å²) in [4.78, 5) is 19.2. The SMILES string of the molecule is NC(=O)Oc1ccc(-c2c(Br)c3ncnc(OC(F)C(F)F)c3n2-c2ccc(OCc3ccccc3)c(F)c2)cc1. The van der Waals surface area contributed by atoms with Crippen molar-refractivity contribution in [2.45, 2.75) is 19.4 Å². The quantitative estimate of drug-likeness (QED) is 0.177. The number of carbonyl (C=O) groups excluding carboxylic acids is 1. The molecule has 8 nitrogen and oxygen atoms in total. The predicted molar refractivity (Wildman–Crippen MR) is 144 cm³/mol. The van der Waals surface area contributed by atoms with Crippen LogP contribution in [0.25, 0.3) is 28.0 Å². The molecule has 0 spiro atoms. The van der Waals surface area contributed by atoms with E-state index in [0.717, 1.165) is 18.0 Å². The van der Waals surface area contributed by atoms with Crippen LogP contribution in [0.5, 0.6) is 17.4 Å². The molecule has 1 atom stereocenters. The fourth-order valence-electron chi connectivity index (χ4n) is 4.08. The number of halogens is 5. The van der Waals surface area contributed by atoms with Crippen LogP contribution in [-0.4, -0.2) is 33.4 Å². The van der Waals surface area contributed by atoms with Gasteiger partial charge < -0.3 is 24.5 Å². The molecule has 2 aromatic heterocycles. The van der Waals surface area contributed by atoms with Gasteiger partial charge in [0.2, 0.25) is 5.88 Å². The fourth-order valence-corrected chi connectivity index (χ4v) is 4.78. The van der Waals surface area contributed by atoms with Gasteiger partial charge in [-0.2, -0.15) is 9.37 Å². The molecule has 0 radical (unpaired) electrons. The van der Waals surface area contributed by atoms with Crippen LogP contribution in [0.1, 0.15) is 5.56 Å². The Kier molecular flexibility index (Phi) is 8.06. The summed E-state index contributed by atoms with van der Waals surface area (Å²) in [6.45, 7) is 0.122. The van der Waals surface area contributed by atoms with Gasteiger partial charge in [-0.15, -0.1) is 0 Å². The van der Waals surface area contributed by atoms with Gasteiger partial charge in [0, 0.05) is 17.3 Å². The third kappa shape index (κ3) is 5.94. The van der Waals surface area contributed by atoms with Crippen molar-refractivity contribution in [3.8, 4) is 34.3 Å². The Labute approximate surface area is 238 Å². The van der Waals surface area contributed by atoms with Crippen LogP contribution in [0.3, 0.4) is 0 Å². The maximum Gasteiger partial charge on any atom is 0.409 e. The lowest BCUT2D eigenvalue weighted by Gasteiger charge is -2.16. The third-order valence-corrected chi connectivity index (χ3v) is 6.58. The number of carbonyl (C=O) groups is 1. The summed E-state index contributed by atoms with van der Waals surface area (Å²) in [5.41, 5.74) is 7.13. The second-order valence-electron chi connectivity index (χ2n) is 8.51. The molecule has 5 aromatic rings. The largest absolute Gasteiger partial charge is 0.486 e. The number of aromatic nitrogens is 3. The minimum Gasteiger partial charge on any atom is -0.486 e. The van der Waals surface area contributed by atoms with Crippen molar-refractivity contribution in [1.82, 2.24) is 14.5 Å². The predicted octanol–water partition coefficient (Wildman–Crippen LogP) is 6.97. The first kappa shape index (κ1) is 27.9. The average Bonchev–Trinajstić information content (AvgIpc) is 3.26. The number of rotatable bonds is 9. The molecule has 0 aliphatic carbocycles. The molecule has 210 valence electrons. The van der Waals surface area contributed by atoms with Crippen LogP contribution in [-0.2, 0) is 6.61 Å². The number of alkyl halides is 3. The van der Waals surface area contributed by atoms with Crippen LogP contribution in [0.15, 0.2) is 83.6 Å². The Morgan fingerprint density at radius 2 is 1.73 bits per heavy atom. The van der Waals surface area contributed by atoms with E-state index >= 15 is 4.39 Å². The van der Waals surface area contributed by atoms with Crippen molar-refractivity contribution in [2.75, 3.05) is 0 Å². The van der Waals surface area contributed by atoms with Crippen molar-refractivity contribution in [3.05, 3.63) is 95.0 Å². The van der Waals surface area contributed by atoms with Gasteiger partial charge in [-0.1, -0.05) is 30.3 Å². The molecular formula is C28H19BrF4N4O4. The van der Waals surface area contributed by atoms with Crippen LogP contribution in [0.4, 0.5) is 22.4 Å². The molecule has 41 heavy (non-hydrogen) atoms. The minimum absolute atomic E-state index is 0.00695. The van der Waals surface area contributed by atoms with Crippen molar-refractivity contribution in [2.24, 2.45) is 5.73 Å². The van der Waals surface area contributed by atoms with E-state index in [2.05, 4.69) is 25.9 Å². The highest BCUT2D eigenvalue weighted by atomic mass is 79.9. The van der Waals surface area contributed by atoms with E-state index in [1.807, 2.05) is 30.3 Å². The average molecular weight is 631 g/mol. The number of hydrogen-bond donors (Lipinski definition) is 1. The number of hydrogen-bond acceptors (Lipinski definition) is 6. The van der Waals surface area contributed by atoms with E-state index < -0.39 is 30.6 Å². The Bertz CT molecular complexity index is 1700. The Morgan fingerprint density at radius 3 is 2.39 bits per heavy atom. The molecule has 2 N–H and O–H groups in total. The Hall–Kier alpha value is -4.65. The molecule has 5 rings (SSSR count). The molecule has 1 amide bonds. The molecular weight excluding hydrogens is 612 g/mol. The summed E-state index contributed by atoms with van der Waals surface area (Å²) in [5.74, 6) is -1.08. The molecule has 1 unspecified atom stereocenters. The van der Waals surface area contributed by atoms with E-state index in [-0.39, 0.29) is 34.8 Å². The van der Waals surface area contributed by atoms with E-state index in [9.17, 15) is 18.0 Å². The maximum absolute atomic E-state index is 15.3. The number of ether oxygens (including phenoxy) is 3. The lowest BCUT2D eigenvalue weighted by atomic mass is 10.1. The fraction of sp³-hybridized carbons (Fsp3) is 0.107. The molecule has 2 heterocycles. The first-order chi connectivity index (χ1) is 19.7. The molecule has 0 saturated heterocycles. The molecule has 13 heteroatoms. The minimum atomic E-state index is -3.44. The molecule has 0 fully saturated rings. The van der Waals surface area contributed by atoms with E-state index in [1.165, 1.54) is 28.8 Å². The number of benzene rings is 3. The number of amides is 1. The summed E-state index contributed by atoms with van der Waals surface area (Å²) in [6, 6.07) is 19.4. The van der Waals surface area contributed by atoms with E-state index in [0.29, 0.717) is 15.7 Å². The Balaban J connectivity index is 1.64. The highest BCUT2D eigenvalue weighted by molar-refractivity contribution is 9.10. The summed E-state index contributed by atoms with van der Waals surface area (Å²) >= 11 is 3.48. The van der Waals surface area contributed by atoms with E-state index in [4.69, 9.17) is 19.9 Å². The molecule has 0 aliphatic heterocycles. The molecule has 3 aromatic carbocycles. The van der Waals surface area contributed by atoms with Gasteiger partial charge in [-0.05, 0) is 57.9 Å². The maximum atomic E-state index is 15.3. The first-order valence-electron chi connectivity index (χ1n) is 11.9. The second-order valence-corrected chi connectivity index (χ2v) is 9.30. The summed E-state index contributed by atoms with van der Waals surface area (Å²) in [5, 5.41) is 0. The van der Waals surface area contributed by atoms with Crippen molar-refractivity contribution < 1.29 is 36.6 Å². The third-order valence-electron chi connectivity index (χ3n) is 5.83. The van der Waals surface area contributed by atoms with Crippen LogP contribution < -0.4 is 19.9 Å². The van der Waals surface area contributed by atoms with Crippen molar-refractivity contribution in [1.29, 1.82) is 0 Å². The molecule has 0 bridgehead atoms. The molecule has 0 aliphatic rings. The summed E-state index contributed by atoms with van der Waals surface area (Å²) in [6.07, 6.45) is -6.40. The van der Waals surface area contributed by atoms with Crippen LogP contribution >= 0.6 is 15.9 Å². The standard InChI is InChI=1S/C28H19BrF4N4O4/c29-21-22-24(27(36-14-35-22)41-26(33)25(31)32)37(23(21)16-6-9-18(10-7-16)40-28(34)38)17-8-11-20(19(30)12-17)39-13-15-4-2-1-3-5-15/h1-12,14,25-26H,13H2,(H2,34,38). The van der Waals surface area contributed by atoms with Gasteiger partial charge in [0.15, 0.2) is 11.6 Å². The lowest BCUT2D eigenvalue weighted by Crippen LogP contribution is -2.20. The normalized spacial score (nSPS) is 12.0. The number of nitrogens with two attached hydrogens (primary N) is 1. The highest BCUT2D eigenvalue weighted by Gasteiger charge is 2.28. The zero-order valence-corrected chi connectivity index (χ0v) is 22.4. The van der Waals surface area contributed by atoms with Gasteiger partial charge in [-0.25, -0.2) is 22.9 Å². The number of fused-ring (bicyclic) bond motifs is 1. The summed E-state index contributed by atoms with van der Waals surface area (Å²) in [7, 11) is 0. The zero-order valence-electron chi connectivity index (χ0n) is 20.8. The van der Waals surface area contributed by atoms with E-state index in [1.54, 1.807) is 12.1 Å². The first-order valence-corrected chi connectivity index (χ1v) is 12.7. The smallest absolute Gasteiger partial charge is 0.409 e. The number of primary amides is 1. The van der Waals surface area contributed by atoms with Crippen molar-refractivity contribution >= 4 is 33.1 Å². The monoisotopic (exact) mass is 630 g/mol. The van der Waals surface area contributed by atoms with Gasteiger partial charge >= 0.3 is 12.5 Å². The Morgan fingerprint density at radius 1 is 1.00 bits per heavy atom. The van der Waals surface area contributed by atoms with Crippen LogP contribution in [0.2, 0.25) is 0 Å². The highest BCUT2D eigenvalue weighted by Crippen LogP contribution is 2.42. The number of nitrogens with zero attached hydrogens (tertiary/aromatic N) is 3. The lowest BCUT2D eigenvalue weighted by molar-refractivity contribution is -0.0683. The van der Waals surface area contributed by atoms with Gasteiger partial charge in [0.25, 0.3) is 6.36 Å². The van der Waals surface area contributed by atoms with Crippen LogP contribution in [0, 0.1) is 5.82 Å².